The molecule has 0 atom stereocenters. The summed E-state index contributed by atoms with van der Waals surface area (Å²) in [6, 6.07) is 4.86. The van der Waals surface area contributed by atoms with E-state index in [1.807, 2.05) is 19.9 Å². The fourth-order valence-electron chi connectivity index (χ4n) is 3.22. The monoisotopic (exact) mass is 337 g/mol. The first-order chi connectivity index (χ1) is 11.9. The molecule has 0 saturated heterocycles. The first-order valence-electron chi connectivity index (χ1n) is 7.77. The summed E-state index contributed by atoms with van der Waals surface area (Å²) in [5.74, 6) is 0.00452. The van der Waals surface area contributed by atoms with E-state index in [0.29, 0.717) is 27.6 Å². The molecule has 0 aliphatic carbocycles. The van der Waals surface area contributed by atoms with E-state index in [0.717, 1.165) is 11.3 Å². The van der Waals surface area contributed by atoms with E-state index in [4.69, 9.17) is 5.73 Å². The number of benzene rings is 1. The van der Waals surface area contributed by atoms with Gasteiger partial charge in [0.25, 0.3) is 0 Å². The zero-order valence-electron chi connectivity index (χ0n) is 14.0. The zero-order chi connectivity index (χ0) is 17.9. The van der Waals surface area contributed by atoms with Crippen molar-refractivity contribution in [1.29, 1.82) is 0 Å². The maximum absolute atomic E-state index is 14.1. The number of nitrogens with zero attached hydrogens (tertiary/aromatic N) is 4. The lowest BCUT2D eigenvalue weighted by Gasteiger charge is -2.14. The van der Waals surface area contributed by atoms with E-state index in [1.165, 1.54) is 12.4 Å². The second-order valence-corrected chi connectivity index (χ2v) is 6.09. The number of phenolic OH excluding ortho intramolecular Hbond substituents is 1. The van der Waals surface area contributed by atoms with Crippen LogP contribution < -0.4 is 5.73 Å². The summed E-state index contributed by atoms with van der Waals surface area (Å²) in [5.41, 5.74) is 9.72. The van der Waals surface area contributed by atoms with Crippen molar-refractivity contribution in [2.75, 3.05) is 5.73 Å². The molecule has 25 heavy (non-hydrogen) atoms. The Balaban J connectivity index is 2.30. The van der Waals surface area contributed by atoms with Gasteiger partial charge in [-0.1, -0.05) is 6.07 Å². The average molecular weight is 337 g/mol. The van der Waals surface area contributed by atoms with Crippen LogP contribution in [0.5, 0.6) is 5.75 Å². The molecule has 0 saturated carbocycles. The number of nitrogen functional groups attached to an aromatic ring is 1. The maximum Gasteiger partial charge on any atom is 0.152 e. The molecule has 4 aromatic rings. The molecule has 0 aliphatic heterocycles. The highest BCUT2D eigenvalue weighted by atomic mass is 19.1. The Morgan fingerprint density at radius 2 is 1.88 bits per heavy atom. The van der Waals surface area contributed by atoms with Crippen molar-refractivity contribution in [2.45, 2.75) is 20.8 Å². The number of hydrogen-bond donors (Lipinski definition) is 2. The van der Waals surface area contributed by atoms with Gasteiger partial charge in [0.2, 0.25) is 0 Å². The molecule has 0 amide bonds. The van der Waals surface area contributed by atoms with Crippen LogP contribution in [0.1, 0.15) is 16.8 Å². The first kappa shape index (κ1) is 15.3. The minimum Gasteiger partial charge on any atom is -0.508 e. The highest BCUT2D eigenvalue weighted by molar-refractivity contribution is 6.11. The normalized spacial score (nSPS) is 11.5. The lowest BCUT2D eigenvalue weighted by molar-refractivity contribution is 0.470. The first-order valence-corrected chi connectivity index (χ1v) is 7.77. The summed E-state index contributed by atoms with van der Waals surface area (Å²) in [4.78, 5) is 12.8. The summed E-state index contributed by atoms with van der Waals surface area (Å²) in [6.45, 7) is 5.35. The number of aromatic hydroxyl groups is 1. The van der Waals surface area contributed by atoms with Crippen molar-refractivity contribution in [1.82, 2.24) is 19.5 Å². The molecule has 1 aromatic carbocycles. The van der Waals surface area contributed by atoms with Crippen molar-refractivity contribution >= 4 is 27.9 Å². The molecular weight excluding hydrogens is 321 g/mol. The second-order valence-electron chi connectivity index (χ2n) is 6.09. The zero-order valence-corrected chi connectivity index (χ0v) is 14.0. The predicted molar refractivity (Wildman–Crippen MR) is 94.4 cm³/mol. The number of rotatable bonds is 1. The minimum absolute atomic E-state index is 0.163. The fraction of sp³-hybridized carbons (Fsp3) is 0.167. The van der Waals surface area contributed by atoms with E-state index in [1.54, 1.807) is 17.6 Å². The van der Waals surface area contributed by atoms with Crippen LogP contribution in [0, 0.1) is 26.6 Å². The van der Waals surface area contributed by atoms with Gasteiger partial charge >= 0.3 is 0 Å². The van der Waals surface area contributed by atoms with Gasteiger partial charge in [0.1, 0.15) is 29.4 Å². The molecule has 126 valence electrons. The quantitative estimate of drug-likeness (QED) is 0.556. The number of anilines is 1. The van der Waals surface area contributed by atoms with Gasteiger partial charge in [-0.05, 0) is 38.5 Å². The molecule has 0 aliphatic rings. The number of nitrogens with two attached hydrogens (primary N) is 1. The molecule has 3 N–H and O–H groups in total. The SMILES string of the molecule is Cc1ccc(O)c(C)c1-n1c2nc(C)c(F)cc2c2c(N)ncnc21. The smallest absolute Gasteiger partial charge is 0.152 e. The van der Waals surface area contributed by atoms with Crippen molar-refractivity contribution in [2.24, 2.45) is 0 Å². The van der Waals surface area contributed by atoms with Gasteiger partial charge < -0.3 is 10.8 Å². The predicted octanol–water partition coefficient (Wildman–Crippen LogP) is 3.32. The number of aromatic nitrogens is 4. The number of phenols is 1. The molecule has 0 radical (unpaired) electrons. The van der Waals surface area contributed by atoms with Crippen LogP contribution in [0.15, 0.2) is 24.5 Å². The molecule has 0 spiro atoms. The van der Waals surface area contributed by atoms with Crippen LogP contribution in [0.25, 0.3) is 27.8 Å². The van der Waals surface area contributed by atoms with Gasteiger partial charge in [-0.15, -0.1) is 0 Å². The standard InChI is InChI=1S/C18H16FN5O/c1-8-4-5-13(25)9(2)15(8)24-17-11(6-12(19)10(3)23-17)14-16(20)21-7-22-18(14)24/h4-7,25H,1-3H3,(H2,20,21,22). The van der Waals surface area contributed by atoms with Crippen LogP contribution in [0.3, 0.4) is 0 Å². The Kier molecular flexibility index (Phi) is 3.15. The van der Waals surface area contributed by atoms with Crippen molar-refractivity contribution < 1.29 is 9.50 Å². The lowest BCUT2D eigenvalue weighted by atomic mass is 10.1. The third-order valence-corrected chi connectivity index (χ3v) is 4.51. The highest BCUT2D eigenvalue weighted by Crippen LogP contribution is 2.36. The molecular formula is C18H16FN5O. The van der Waals surface area contributed by atoms with Crippen LogP contribution in [-0.2, 0) is 0 Å². The van der Waals surface area contributed by atoms with Crippen LogP contribution in [0.4, 0.5) is 10.2 Å². The van der Waals surface area contributed by atoms with E-state index in [-0.39, 0.29) is 17.3 Å². The summed E-state index contributed by atoms with van der Waals surface area (Å²) >= 11 is 0. The van der Waals surface area contributed by atoms with Crippen LogP contribution in [-0.4, -0.2) is 24.6 Å². The van der Waals surface area contributed by atoms with Gasteiger partial charge in [-0.3, -0.25) is 4.57 Å². The molecule has 3 heterocycles. The molecule has 3 aromatic heterocycles. The van der Waals surface area contributed by atoms with Gasteiger partial charge in [-0.25, -0.2) is 19.3 Å². The summed E-state index contributed by atoms with van der Waals surface area (Å²) < 4.78 is 16.0. The average Bonchev–Trinajstić information content (AvgIpc) is 2.87. The number of aryl methyl sites for hydroxylation is 2. The molecule has 0 bridgehead atoms. The third kappa shape index (κ3) is 2.05. The molecule has 4 rings (SSSR count). The van der Waals surface area contributed by atoms with E-state index in [2.05, 4.69) is 15.0 Å². The van der Waals surface area contributed by atoms with Crippen LogP contribution >= 0.6 is 0 Å². The Morgan fingerprint density at radius 3 is 2.64 bits per heavy atom. The van der Waals surface area contributed by atoms with E-state index in [9.17, 15) is 9.50 Å². The Morgan fingerprint density at radius 1 is 1.12 bits per heavy atom. The van der Waals surface area contributed by atoms with E-state index >= 15 is 0 Å². The largest absolute Gasteiger partial charge is 0.508 e. The number of pyridine rings is 1. The van der Waals surface area contributed by atoms with Gasteiger partial charge in [0.15, 0.2) is 5.65 Å². The number of hydrogen-bond acceptors (Lipinski definition) is 5. The molecule has 0 unspecified atom stereocenters. The number of fused-ring (bicyclic) bond motifs is 3. The Labute approximate surface area is 142 Å². The minimum atomic E-state index is -0.417. The number of halogens is 1. The maximum atomic E-state index is 14.1. The van der Waals surface area contributed by atoms with E-state index < -0.39 is 5.82 Å². The van der Waals surface area contributed by atoms with Gasteiger partial charge in [-0.2, -0.15) is 0 Å². The Bertz CT molecular complexity index is 1170. The van der Waals surface area contributed by atoms with Crippen LogP contribution in [0.2, 0.25) is 0 Å². The van der Waals surface area contributed by atoms with Gasteiger partial charge in [0.05, 0.1) is 16.8 Å². The summed E-state index contributed by atoms with van der Waals surface area (Å²) in [6.07, 6.45) is 1.36. The lowest BCUT2D eigenvalue weighted by Crippen LogP contribution is -2.03. The van der Waals surface area contributed by atoms with Crippen molar-refractivity contribution in [3.8, 4) is 11.4 Å². The summed E-state index contributed by atoms with van der Waals surface area (Å²) in [5, 5.41) is 11.3. The topological polar surface area (TPSA) is 89.8 Å². The summed E-state index contributed by atoms with van der Waals surface area (Å²) in [7, 11) is 0. The third-order valence-electron chi connectivity index (χ3n) is 4.51. The second kappa shape index (κ2) is 5.14. The molecule has 7 heteroatoms. The Hall–Kier alpha value is -3.22. The van der Waals surface area contributed by atoms with Gasteiger partial charge in [0, 0.05) is 10.9 Å². The van der Waals surface area contributed by atoms with Crippen molar-refractivity contribution in [3.05, 3.63) is 47.2 Å². The fourth-order valence-corrected chi connectivity index (χ4v) is 3.22. The van der Waals surface area contributed by atoms with Crippen molar-refractivity contribution in [3.63, 3.8) is 0 Å². The highest BCUT2D eigenvalue weighted by Gasteiger charge is 2.21. The molecule has 6 nitrogen and oxygen atoms in total. The molecule has 0 fully saturated rings.